The van der Waals surface area contributed by atoms with Gasteiger partial charge in [-0.15, -0.1) is 24.0 Å². The second kappa shape index (κ2) is 15.8. The summed E-state index contributed by atoms with van der Waals surface area (Å²) in [7, 11) is -1.68. The van der Waals surface area contributed by atoms with Crippen molar-refractivity contribution in [1.29, 1.82) is 0 Å². The maximum absolute atomic E-state index is 12.1. The minimum atomic E-state index is -3.35. The lowest BCUT2D eigenvalue weighted by Crippen LogP contribution is -2.42. The van der Waals surface area contributed by atoms with E-state index in [0.717, 1.165) is 31.2 Å². The lowest BCUT2D eigenvalue weighted by molar-refractivity contribution is 0.0200. The SMILES string of the molecule is CN=C(NCCCOC(C)c1ccccc1)NCCS(=O)(=O)NCC1CCCCO1.I. The van der Waals surface area contributed by atoms with Gasteiger partial charge in [-0.2, -0.15) is 0 Å². The molecule has 1 heterocycles. The molecule has 0 spiro atoms. The highest BCUT2D eigenvalue weighted by molar-refractivity contribution is 14.0. The Balaban J connectivity index is 0.00000480. The van der Waals surface area contributed by atoms with Crippen molar-refractivity contribution in [2.45, 2.75) is 44.8 Å². The number of hydrogen-bond acceptors (Lipinski definition) is 5. The van der Waals surface area contributed by atoms with E-state index in [2.05, 4.69) is 32.5 Å². The maximum atomic E-state index is 12.1. The molecule has 0 aromatic heterocycles. The second-order valence-corrected chi connectivity index (χ2v) is 9.29. The summed E-state index contributed by atoms with van der Waals surface area (Å²) in [5.41, 5.74) is 1.16. The Morgan fingerprint density at radius 1 is 1.23 bits per heavy atom. The monoisotopic (exact) mass is 568 g/mol. The van der Waals surface area contributed by atoms with Crippen molar-refractivity contribution in [3.63, 3.8) is 0 Å². The van der Waals surface area contributed by atoms with Gasteiger partial charge in [-0.3, -0.25) is 4.99 Å². The highest BCUT2D eigenvalue weighted by Gasteiger charge is 2.17. The van der Waals surface area contributed by atoms with E-state index < -0.39 is 10.0 Å². The Kier molecular flexibility index (Phi) is 14.3. The first-order valence-electron chi connectivity index (χ1n) is 10.7. The number of nitrogens with one attached hydrogen (secondary N) is 3. The molecule has 0 bridgehead atoms. The molecule has 0 amide bonds. The van der Waals surface area contributed by atoms with E-state index in [1.54, 1.807) is 7.05 Å². The van der Waals surface area contributed by atoms with Crippen LogP contribution in [-0.4, -0.2) is 66.1 Å². The normalized spacial score (nSPS) is 18.1. The quantitative estimate of drug-likeness (QED) is 0.155. The van der Waals surface area contributed by atoms with E-state index in [4.69, 9.17) is 9.47 Å². The van der Waals surface area contributed by atoms with Crippen LogP contribution >= 0.6 is 24.0 Å². The van der Waals surface area contributed by atoms with Gasteiger partial charge in [0.2, 0.25) is 10.0 Å². The molecular formula is C21H37IN4O4S. The van der Waals surface area contributed by atoms with Crippen molar-refractivity contribution in [3.8, 4) is 0 Å². The van der Waals surface area contributed by atoms with E-state index in [-0.39, 0.29) is 48.5 Å². The maximum Gasteiger partial charge on any atom is 0.213 e. The van der Waals surface area contributed by atoms with Crippen LogP contribution in [-0.2, 0) is 19.5 Å². The summed E-state index contributed by atoms with van der Waals surface area (Å²) in [6.45, 7) is 4.69. The van der Waals surface area contributed by atoms with Gasteiger partial charge in [0.25, 0.3) is 0 Å². The first kappa shape index (κ1) is 28.1. The number of rotatable bonds is 12. The van der Waals surface area contributed by atoms with E-state index in [1.165, 1.54) is 0 Å². The van der Waals surface area contributed by atoms with Gasteiger partial charge in [0.05, 0.1) is 18.0 Å². The molecule has 0 radical (unpaired) electrons. The molecule has 178 valence electrons. The van der Waals surface area contributed by atoms with Crippen LogP contribution in [0.2, 0.25) is 0 Å². The number of sulfonamides is 1. The summed E-state index contributed by atoms with van der Waals surface area (Å²) in [6, 6.07) is 10.1. The molecule has 3 N–H and O–H groups in total. The van der Waals surface area contributed by atoms with Gasteiger partial charge < -0.3 is 20.1 Å². The summed E-state index contributed by atoms with van der Waals surface area (Å²) in [6.07, 6.45) is 3.91. The van der Waals surface area contributed by atoms with Crippen molar-refractivity contribution >= 4 is 40.0 Å². The third-order valence-corrected chi connectivity index (χ3v) is 6.29. The van der Waals surface area contributed by atoms with Crippen LogP contribution in [0.4, 0.5) is 0 Å². The van der Waals surface area contributed by atoms with Gasteiger partial charge in [-0.25, -0.2) is 13.1 Å². The zero-order valence-electron chi connectivity index (χ0n) is 18.5. The number of ether oxygens (including phenoxy) is 2. The zero-order chi connectivity index (χ0) is 21.7. The molecule has 1 aromatic rings. The molecule has 10 heteroatoms. The number of aliphatic imine (C=N–C) groups is 1. The van der Waals surface area contributed by atoms with Crippen LogP contribution in [0.5, 0.6) is 0 Å². The lowest BCUT2D eigenvalue weighted by Gasteiger charge is -2.22. The molecule has 31 heavy (non-hydrogen) atoms. The fourth-order valence-corrected chi connectivity index (χ4v) is 4.10. The van der Waals surface area contributed by atoms with Gasteiger partial charge >= 0.3 is 0 Å². The fourth-order valence-electron chi connectivity index (χ4n) is 3.14. The smallest absolute Gasteiger partial charge is 0.213 e. The van der Waals surface area contributed by atoms with Crippen LogP contribution in [0, 0.1) is 0 Å². The van der Waals surface area contributed by atoms with Crippen LogP contribution in [0.1, 0.15) is 44.3 Å². The molecular weight excluding hydrogens is 531 g/mol. The number of guanidine groups is 1. The van der Waals surface area contributed by atoms with Crippen LogP contribution in [0.25, 0.3) is 0 Å². The number of benzene rings is 1. The molecule has 2 unspecified atom stereocenters. The molecule has 2 rings (SSSR count). The highest BCUT2D eigenvalue weighted by atomic mass is 127. The van der Waals surface area contributed by atoms with E-state index in [0.29, 0.717) is 32.3 Å². The first-order valence-corrected chi connectivity index (χ1v) is 12.4. The van der Waals surface area contributed by atoms with Gasteiger partial charge in [0, 0.05) is 39.9 Å². The highest BCUT2D eigenvalue weighted by Crippen LogP contribution is 2.15. The average Bonchev–Trinajstić information content (AvgIpc) is 2.77. The average molecular weight is 569 g/mol. The Labute approximate surface area is 204 Å². The predicted octanol–water partition coefficient (Wildman–Crippen LogP) is 2.43. The summed E-state index contributed by atoms with van der Waals surface area (Å²) >= 11 is 0. The molecule has 1 saturated heterocycles. The fraction of sp³-hybridized carbons (Fsp3) is 0.667. The summed E-state index contributed by atoms with van der Waals surface area (Å²) in [4.78, 5) is 4.13. The minimum Gasteiger partial charge on any atom is -0.377 e. The minimum absolute atomic E-state index is 0. The van der Waals surface area contributed by atoms with Gasteiger partial charge in [-0.1, -0.05) is 30.3 Å². The number of nitrogens with zero attached hydrogens (tertiary/aromatic N) is 1. The van der Waals surface area contributed by atoms with Crippen molar-refractivity contribution in [2.24, 2.45) is 4.99 Å². The molecule has 1 aliphatic rings. The van der Waals surface area contributed by atoms with Crippen molar-refractivity contribution < 1.29 is 17.9 Å². The van der Waals surface area contributed by atoms with Crippen molar-refractivity contribution in [1.82, 2.24) is 15.4 Å². The van der Waals surface area contributed by atoms with Gasteiger partial charge in [0.1, 0.15) is 0 Å². The van der Waals surface area contributed by atoms with Crippen molar-refractivity contribution in [2.75, 3.05) is 45.6 Å². The summed E-state index contributed by atoms with van der Waals surface area (Å²) < 4.78 is 38.3. The Morgan fingerprint density at radius 3 is 2.65 bits per heavy atom. The summed E-state index contributed by atoms with van der Waals surface area (Å²) in [5.74, 6) is 0.565. The lowest BCUT2D eigenvalue weighted by atomic mass is 10.1. The van der Waals surface area contributed by atoms with E-state index in [9.17, 15) is 8.42 Å². The molecule has 1 aromatic carbocycles. The number of hydrogen-bond donors (Lipinski definition) is 3. The molecule has 1 fully saturated rings. The largest absolute Gasteiger partial charge is 0.377 e. The zero-order valence-corrected chi connectivity index (χ0v) is 21.7. The van der Waals surface area contributed by atoms with Gasteiger partial charge in [-0.05, 0) is 38.2 Å². The van der Waals surface area contributed by atoms with Crippen molar-refractivity contribution in [3.05, 3.63) is 35.9 Å². The third-order valence-electron chi connectivity index (χ3n) is 4.94. The van der Waals surface area contributed by atoms with Crippen LogP contribution in [0.3, 0.4) is 0 Å². The Morgan fingerprint density at radius 2 is 1.97 bits per heavy atom. The second-order valence-electron chi connectivity index (χ2n) is 7.36. The Hall–Kier alpha value is -0.950. The predicted molar refractivity (Wildman–Crippen MR) is 136 cm³/mol. The summed E-state index contributed by atoms with van der Waals surface area (Å²) in [5, 5.41) is 6.21. The molecule has 2 atom stereocenters. The number of halogens is 1. The molecule has 8 nitrogen and oxygen atoms in total. The standard InChI is InChI=1S/C21H36N4O4S.HI/c1-18(19-9-4-3-5-10-19)28-15-8-12-23-21(22-2)24-13-16-30(26,27)25-17-20-11-6-7-14-29-20;/h3-5,9-10,18,20,25H,6-8,11-17H2,1-2H3,(H2,22,23,24);1H. The van der Waals surface area contributed by atoms with E-state index in [1.807, 2.05) is 25.1 Å². The van der Waals surface area contributed by atoms with Gasteiger partial charge in [0.15, 0.2) is 5.96 Å². The topological polar surface area (TPSA) is 101 Å². The van der Waals surface area contributed by atoms with Crippen LogP contribution < -0.4 is 15.4 Å². The first-order chi connectivity index (χ1) is 14.5. The van der Waals surface area contributed by atoms with Crippen LogP contribution in [0.15, 0.2) is 35.3 Å². The van der Waals surface area contributed by atoms with E-state index >= 15 is 0 Å². The molecule has 1 aliphatic heterocycles. The molecule has 0 saturated carbocycles. The third kappa shape index (κ3) is 12.0. The molecule has 0 aliphatic carbocycles. The Bertz CT molecular complexity index is 728.